The highest BCUT2D eigenvalue weighted by Gasteiger charge is 2.35. The molecule has 0 saturated carbocycles. The molecule has 1 saturated heterocycles. The highest BCUT2D eigenvalue weighted by Crippen LogP contribution is 2.30. The number of hydrogen-bond donors (Lipinski definition) is 2. The normalized spacial score (nSPS) is 15.3. The first-order valence-corrected chi connectivity index (χ1v) is 11.3. The lowest BCUT2D eigenvalue weighted by atomic mass is 10.1. The van der Waals surface area contributed by atoms with Crippen molar-refractivity contribution in [3.05, 3.63) is 82.8 Å². The number of halogens is 1. The summed E-state index contributed by atoms with van der Waals surface area (Å²) in [5.41, 5.74) is 8.08. The van der Waals surface area contributed by atoms with Gasteiger partial charge in [0.2, 0.25) is 11.8 Å². The first-order valence-electron chi connectivity index (χ1n) is 10.5. The zero-order valence-corrected chi connectivity index (χ0v) is 19.7. The quantitative estimate of drug-likeness (QED) is 0.436. The van der Waals surface area contributed by atoms with Crippen molar-refractivity contribution in [2.75, 3.05) is 24.0 Å². The van der Waals surface area contributed by atoms with E-state index in [1.54, 1.807) is 24.1 Å². The number of nitrogens with zero attached hydrogens (tertiary/aromatic N) is 1. The van der Waals surface area contributed by atoms with Crippen LogP contribution in [-0.2, 0) is 16.2 Å². The largest absolute Gasteiger partial charge is 0.497 e. The predicted octanol–water partition coefficient (Wildman–Crippen LogP) is 4.53. The minimum atomic E-state index is -0.465. The maximum Gasteiger partial charge on any atom is 0.243 e. The molecule has 0 spiro atoms. The van der Waals surface area contributed by atoms with Crippen molar-refractivity contribution in [1.29, 1.82) is 0 Å². The van der Waals surface area contributed by atoms with Gasteiger partial charge in [-0.3, -0.25) is 20.4 Å². The molecule has 0 aliphatic carbocycles. The summed E-state index contributed by atoms with van der Waals surface area (Å²) in [6, 6.07) is 22.6. The van der Waals surface area contributed by atoms with E-state index in [0.29, 0.717) is 30.3 Å². The number of hydrogen-bond acceptors (Lipinski definition) is 5. The Morgan fingerprint density at radius 1 is 1.09 bits per heavy atom. The van der Waals surface area contributed by atoms with Gasteiger partial charge < -0.3 is 14.4 Å². The Morgan fingerprint density at radius 3 is 2.58 bits per heavy atom. The lowest BCUT2D eigenvalue weighted by molar-refractivity contribution is -0.125. The molecule has 33 heavy (non-hydrogen) atoms. The van der Waals surface area contributed by atoms with Crippen LogP contribution in [0.15, 0.2) is 77.3 Å². The lowest BCUT2D eigenvalue weighted by Crippen LogP contribution is -2.36. The maximum atomic E-state index is 12.8. The van der Waals surface area contributed by atoms with Crippen molar-refractivity contribution in [3.63, 3.8) is 0 Å². The fourth-order valence-corrected chi connectivity index (χ4v) is 3.95. The zero-order valence-electron chi connectivity index (χ0n) is 18.1. The molecule has 0 bridgehead atoms. The molecule has 0 radical (unpaired) electrons. The maximum absolute atomic E-state index is 12.8. The molecule has 0 aromatic heterocycles. The van der Waals surface area contributed by atoms with Gasteiger partial charge in [-0.25, -0.2) is 0 Å². The van der Waals surface area contributed by atoms with Gasteiger partial charge in [-0.05, 0) is 48.0 Å². The summed E-state index contributed by atoms with van der Waals surface area (Å²) >= 11 is 3.45. The molecule has 1 aliphatic heterocycles. The highest BCUT2D eigenvalue weighted by molar-refractivity contribution is 9.10. The van der Waals surface area contributed by atoms with Gasteiger partial charge in [-0.2, -0.15) is 0 Å². The minimum absolute atomic E-state index is 0.0883. The van der Waals surface area contributed by atoms with Crippen molar-refractivity contribution < 1.29 is 19.1 Å². The standard InChI is InChI=1S/C25H24BrN3O4/c1-32-21-10-8-20(9-11-21)29-15-18(13-24(29)30)25(31)28-27-22-14-19(26)7-12-23(22)33-16-17-5-3-2-4-6-17/h2-12,14,18,27H,13,15-16H2,1H3,(H,28,31)/t18-/m0/s1. The van der Waals surface area contributed by atoms with E-state index in [-0.39, 0.29) is 18.2 Å². The van der Waals surface area contributed by atoms with Gasteiger partial charge >= 0.3 is 0 Å². The molecule has 3 aromatic rings. The van der Waals surface area contributed by atoms with Crippen molar-refractivity contribution >= 4 is 39.1 Å². The van der Waals surface area contributed by atoms with Crippen molar-refractivity contribution in [1.82, 2.24) is 5.43 Å². The van der Waals surface area contributed by atoms with E-state index in [1.165, 1.54) is 0 Å². The number of hydrazine groups is 1. The van der Waals surface area contributed by atoms with Crippen LogP contribution in [0.5, 0.6) is 11.5 Å². The Hall–Kier alpha value is -3.52. The number of anilines is 2. The van der Waals surface area contributed by atoms with E-state index in [4.69, 9.17) is 9.47 Å². The van der Waals surface area contributed by atoms with E-state index in [2.05, 4.69) is 26.8 Å². The average molecular weight is 510 g/mol. The molecule has 7 nitrogen and oxygen atoms in total. The molecule has 2 N–H and O–H groups in total. The monoisotopic (exact) mass is 509 g/mol. The number of nitrogens with one attached hydrogen (secondary N) is 2. The first-order chi connectivity index (χ1) is 16.0. The summed E-state index contributed by atoms with van der Waals surface area (Å²) < 4.78 is 11.9. The van der Waals surface area contributed by atoms with Crippen molar-refractivity contribution in [2.24, 2.45) is 5.92 Å². The average Bonchev–Trinajstić information content (AvgIpc) is 3.24. The van der Waals surface area contributed by atoms with Crippen LogP contribution in [0.1, 0.15) is 12.0 Å². The predicted molar refractivity (Wildman–Crippen MR) is 130 cm³/mol. The van der Waals surface area contributed by atoms with Crippen LogP contribution < -0.4 is 25.2 Å². The fraction of sp³-hybridized carbons (Fsp3) is 0.200. The third-order valence-corrected chi connectivity index (χ3v) is 5.87. The Labute approximate surface area is 200 Å². The zero-order chi connectivity index (χ0) is 23.2. The summed E-state index contributed by atoms with van der Waals surface area (Å²) in [5, 5.41) is 0. The number of amides is 2. The highest BCUT2D eigenvalue weighted by atomic mass is 79.9. The fourth-order valence-electron chi connectivity index (χ4n) is 3.59. The molecule has 4 rings (SSSR count). The van der Waals surface area contributed by atoms with Gasteiger partial charge in [-0.15, -0.1) is 0 Å². The van der Waals surface area contributed by atoms with E-state index >= 15 is 0 Å². The molecule has 1 fully saturated rings. The molecule has 1 heterocycles. The number of methoxy groups -OCH3 is 1. The van der Waals surface area contributed by atoms with E-state index in [9.17, 15) is 9.59 Å². The van der Waals surface area contributed by atoms with Crippen LogP contribution in [0, 0.1) is 5.92 Å². The van der Waals surface area contributed by atoms with Crippen LogP contribution >= 0.6 is 15.9 Å². The molecule has 3 aromatic carbocycles. The van der Waals surface area contributed by atoms with Crippen LogP contribution in [0.25, 0.3) is 0 Å². The molecule has 170 valence electrons. The summed E-state index contributed by atoms with van der Waals surface area (Å²) in [7, 11) is 1.59. The van der Waals surface area contributed by atoms with Gasteiger partial charge in [0.25, 0.3) is 0 Å². The Kier molecular flexibility index (Phi) is 7.14. The number of ether oxygens (including phenoxy) is 2. The summed E-state index contributed by atoms with van der Waals surface area (Å²) in [6.07, 6.45) is 0.148. The number of carbonyl (C=O) groups is 2. The Bertz CT molecular complexity index is 1120. The number of benzene rings is 3. The second-order valence-electron chi connectivity index (χ2n) is 7.63. The molecule has 1 atom stereocenters. The van der Waals surface area contributed by atoms with Crippen LogP contribution in [0.3, 0.4) is 0 Å². The van der Waals surface area contributed by atoms with Gasteiger partial charge in [0.15, 0.2) is 0 Å². The number of rotatable bonds is 8. The first kappa shape index (κ1) is 22.7. The van der Waals surface area contributed by atoms with Crippen LogP contribution in [0.2, 0.25) is 0 Å². The van der Waals surface area contributed by atoms with E-state index in [1.807, 2.05) is 60.7 Å². The van der Waals surface area contributed by atoms with Gasteiger partial charge in [0.1, 0.15) is 18.1 Å². The van der Waals surface area contributed by atoms with E-state index < -0.39 is 5.92 Å². The van der Waals surface area contributed by atoms with Crippen LogP contribution in [0.4, 0.5) is 11.4 Å². The third-order valence-electron chi connectivity index (χ3n) is 5.38. The van der Waals surface area contributed by atoms with Crippen LogP contribution in [-0.4, -0.2) is 25.5 Å². The van der Waals surface area contributed by atoms with Crippen molar-refractivity contribution in [2.45, 2.75) is 13.0 Å². The minimum Gasteiger partial charge on any atom is -0.497 e. The van der Waals surface area contributed by atoms with Crippen molar-refractivity contribution in [3.8, 4) is 11.5 Å². The molecule has 0 unspecified atom stereocenters. The molecule has 8 heteroatoms. The summed E-state index contributed by atoms with van der Waals surface area (Å²) in [5.74, 6) is 0.504. The molecule has 2 amide bonds. The lowest BCUT2D eigenvalue weighted by Gasteiger charge is -2.18. The molecular weight excluding hydrogens is 486 g/mol. The summed E-state index contributed by atoms with van der Waals surface area (Å²) in [4.78, 5) is 26.9. The van der Waals surface area contributed by atoms with Gasteiger partial charge in [0, 0.05) is 23.1 Å². The third kappa shape index (κ3) is 5.64. The second kappa shape index (κ2) is 10.4. The topological polar surface area (TPSA) is 79.9 Å². The smallest absolute Gasteiger partial charge is 0.243 e. The summed E-state index contributed by atoms with van der Waals surface area (Å²) in [6.45, 7) is 0.716. The van der Waals surface area contributed by atoms with Gasteiger partial charge in [-0.1, -0.05) is 46.3 Å². The number of carbonyl (C=O) groups excluding carboxylic acids is 2. The molecular formula is C25H24BrN3O4. The SMILES string of the molecule is COc1ccc(N2C[C@@H](C(=O)NNc3cc(Br)ccc3OCc3ccccc3)CC2=O)cc1. The Balaban J connectivity index is 1.37. The Morgan fingerprint density at radius 2 is 1.85 bits per heavy atom. The molecule has 1 aliphatic rings. The van der Waals surface area contributed by atoms with E-state index in [0.717, 1.165) is 15.7 Å². The second-order valence-corrected chi connectivity index (χ2v) is 8.55. The van der Waals surface area contributed by atoms with Gasteiger partial charge in [0.05, 0.1) is 18.7 Å².